The molecule has 25 heavy (non-hydrogen) atoms. The second kappa shape index (κ2) is 6.37. The molecule has 2 N–H and O–H groups in total. The first kappa shape index (κ1) is 15.9. The van der Waals surface area contributed by atoms with Gasteiger partial charge in [0.1, 0.15) is 5.75 Å². The summed E-state index contributed by atoms with van der Waals surface area (Å²) in [5.41, 5.74) is 10.4. The minimum atomic E-state index is -0.323. The van der Waals surface area contributed by atoms with Crippen molar-refractivity contribution in [1.82, 2.24) is 0 Å². The van der Waals surface area contributed by atoms with Crippen LogP contribution in [0.4, 0.5) is 5.00 Å². The number of thiophene rings is 1. The molecule has 1 aliphatic carbocycles. The number of carbonyl (C=O) groups is 1. The van der Waals surface area contributed by atoms with E-state index in [1.165, 1.54) is 21.6 Å². The molecule has 1 aromatic heterocycles. The summed E-state index contributed by atoms with van der Waals surface area (Å²) in [6, 6.07) is 17.1. The highest BCUT2D eigenvalue weighted by Gasteiger charge is 2.26. The van der Waals surface area contributed by atoms with Crippen LogP contribution in [0.1, 0.15) is 37.8 Å². The van der Waals surface area contributed by atoms with Gasteiger partial charge in [0, 0.05) is 4.88 Å². The van der Waals surface area contributed by atoms with Crippen molar-refractivity contribution in [3.63, 3.8) is 0 Å². The van der Waals surface area contributed by atoms with Gasteiger partial charge in [-0.2, -0.15) is 0 Å². The van der Waals surface area contributed by atoms with Crippen LogP contribution in [0.2, 0.25) is 0 Å². The lowest BCUT2D eigenvalue weighted by Gasteiger charge is -2.07. The first-order valence-corrected chi connectivity index (χ1v) is 9.16. The summed E-state index contributed by atoms with van der Waals surface area (Å²) < 4.78 is 5.54. The number of hydrogen-bond acceptors (Lipinski definition) is 4. The number of esters is 1. The van der Waals surface area contributed by atoms with Gasteiger partial charge in [-0.05, 0) is 72.7 Å². The largest absolute Gasteiger partial charge is 0.423 e. The predicted octanol–water partition coefficient (Wildman–Crippen LogP) is 4.74. The highest BCUT2D eigenvalue weighted by atomic mass is 32.1. The Kier molecular flexibility index (Phi) is 4.06. The van der Waals surface area contributed by atoms with Crippen molar-refractivity contribution in [3.05, 3.63) is 81.7 Å². The molecule has 0 aliphatic heterocycles. The maximum Gasteiger partial charge on any atom is 0.343 e. The van der Waals surface area contributed by atoms with Gasteiger partial charge in [0.25, 0.3) is 0 Å². The van der Waals surface area contributed by atoms with Gasteiger partial charge in [0.05, 0.1) is 10.6 Å². The van der Waals surface area contributed by atoms with Crippen LogP contribution >= 0.6 is 11.3 Å². The highest BCUT2D eigenvalue weighted by molar-refractivity contribution is 7.16. The molecule has 4 heteroatoms. The molecule has 1 heterocycles. The lowest BCUT2D eigenvalue weighted by atomic mass is 9.97. The van der Waals surface area contributed by atoms with Crippen LogP contribution in [0, 0.1) is 6.92 Å². The summed E-state index contributed by atoms with van der Waals surface area (Å²) >= 11 is 1.65. The van der Waals surface area contributed by atoms with Gasteiger partial charge in [-0.25, -0.2) is 4.79 Å². The molecule has 126 valence electrons. The monoisotopic (exact) mass is 349 g/mol. The van der Waals surface area contributed by atoms with E-state index in [4.69, 9.17) is 10.5 Å². The molecule has 0 amide bonds. The van der Waals surface area contributed by atoms with Gasteiger partial charge in [-0.15, -0.1) is 11.3 Å². The Morgan fingerprint density at radius 3 is 2.56 bits per heavy atom. The molecule has 3 nitrogen and oxygen atoms in total. The molecule has 1 unspecified atom stereocenters. The quantitative estimate of drug-likeness (QED) is 0.549. The van der Waals surface area contributed by atoms with Crippen molar-refractivity contribution in [2.24, 2.45) is 0 Å². The number of rotatable bonds is 3. The van der Waals surface area contributed by atoms with Gasteiger partial charge in [0.15, 0.2) is 0 Å². The van der Waals surface area contributed by atoms with Crippen LogP contribution in [-0.2, 0) is 12.8 Å². The van der Waals surface area contributed by atoms with E-state index in [9.17, 15) is 4.79 Å². The smallest absolute Gasteiger partial charge is 0.343 e. The number of nitrogens with two attached hydrogens (primary N) is 1. The van der Waals surface area contributed by atoms with Gasteiger partial charge in [-0.1, -0.05) is 24.3 Å². The molecule has 3 aromatic rings. The third-order valence-electron chi connectivity index (χ3n) is 4.75. The molecule has 0 saturated carbocycles. The van der Waals surface area contributed by atoms with Crippen LogP contribution in [0.3, 0.4) is 0 Å². The van der Waals surface area contributed by atoms with Gasteiger partial charge < -0.3 is 10.5 Å². The lowest BCUT2D eigenvalue weighted by molar-refractivity contribution is 0.0734. The average molecular weight is 349 g/mol. The fourth-order valence-corrected chi connectivity index (χ4v) is 4.43. The van der Waals surface area contributed by atoms with E-state index >= 15 is 0 Å². The molecule has 1 aliphatic rings. The Hall–Kier alpha value is -2.59. The third kappa shape index (κ3) is 3.17. The van der Waals surface area contributed by atoms with E-state index in [0.29, 0.717) is 17.2 Å². The molecule has 0 fully saturated rings. The fourth-order valence-electron chi connectivity index (χ4n) is 3.54. The number of hydrogen-bond donors (Lipinski definition) is 1. The Bertz CT molecular complexity index is 930. The number of nitrogen functional groups attached to an aromatic ring is 1. The van der Waals surface area contributed by atoms with Crippen LogP contribution in [-0.4, -0.2) is 5.97 Å². The van der Waals surface area contributed by atoms with Crippen LogP contribution in [0.5, 0.6) is 5.75 Å². The normalized spacial score (nSPS) is 15.8. The minimum absolute atomic E-state index is 0.323. The second-order valence-corrected chi connectivity index (χ2v) is 7.74. The minimum Gasteiger partial charge on any atom is -0.423 e. The molecule has 1 atom stereocenters. The number of anilines is 1. The SMILES string of the molecule is Cc1sc(N)cc1C1Cc2ccc(OC(=O)c3ccccc3)cc2C1. The van der Waals surface area contributed by atoms with E-state index in [1.807, 2.05) is 30.3 Å². The van der Waals surface area contributed by atoms with Crippen LogP contribution in [0.15, 0.2) is 54.6 Å². The summed E-state index contributed by atoms with van der Waals surface area (Å²) in [5, 5.41) is 0.876. The molecule has 0 saturated heterocycles. The zero-order valence-electron chi connectivity index (χ0n) is 14.0. The number of carbonyl (C=O) groups excluding carboxylic acids is 1. The van der Waals surface area contributed by atoms with Crippen molar-refractivity contribution in [2.75, 3.05) is 5.73 Å². The summed E-state index contributed by atoms with van der Waals surface area (Å²) in [6.45, 7) is 2.13. The molecular weight excluding hydrogens is 330 g/mol. The Balaban J connectivity index is 1.52. The second-order valence-electron chi connectivity index (χ2n) is 6.45. The standard InChI is InChI=1S/C21H19NO2S/c1-13-19(12-20(22)25-13)17-9-15-7-8-18(11-16(15)10-17)24-21(23)14-5-3-2-4-6-14/h2-8,11-12,17H,9-10,22H2,1H3. The molecule has 0 bridgehead atoms. The average Bonchev–Trinajstić information content (AvgIpc) is 3.17. The summed E-state index contributed by atoms with van der Waals surface area (Å²) in [7, 11) is 0. The van der Waals surface area contributed by atoms with Crippen molar-refractivity contribution in [2.45, 2.75) is 25.7 Å². The molecule has 0 spiro atoms. The molecule has 2 aromatic carbocycles. The van der Waals surface area contributed by atoms with Gasteiger partial charge in [-0.3, -0.25) is 0 Å². The zero-order chi connectivity index (χ0) is 17.4. The van der Waals surface area contributed by atoms with Crippen molar-refractivity contribution < 1.29 is 9.53 Å². The number of fused-ring (bicyclic) bond motifs is 1. The fraction of sp³-hybridized carbons (Fsp3) is 0.190. The topological polar surface area (TPSA) is 52.3 Å². The van der Waals surface area contributed by atoms with Crippen LogP contribution < -0.4 is 10.5 Å². The predicted molar refractivity (Wildman–Crippen MR) is 101 cm³/mol. The molecular formula is C21H19NO2S. The Labute approximate surface area is 151 Å². The van der Waals surface area contributed by atoms with Crippen molar-refractivity contribution in [1.29, 1.82) is 0 Å². The van der Waals surface area contributed by atoms with E-state index in [-0.39, 0.29) is 5.97 Å². The molecule has 0 radical (unpaired) electrons. The van der Waals surface area contributed by atoms with E-state index in [0.717, 1.165) is 17.8 Å². The first-order chi connectivity index (χ1) is 12.1. The number of benzene rings is 2. The highest BCUT2D eigenvalue weighted by Crippen LogP contribution is 2.40. The Morgan fingerprint density at radius 2 is 1.84 bits per heavy atom. The summed E-state index contributed by atoms with van der Waals surface area (Å²) in [4.78, 5) is 13.5. The first-order valence-electron chi connectivity index (χ1n) is 8.35. The zero-order valence-corrected chi connectivity index (χ0v) is 14.8. The Morgan fingerprint density at radius 1 is 1.08 bits per heavy atom. The summed E-state index contributed by atoms with van der Waals surface area (Å²) in [6.07, 6.45) is 1.97. The van der Waals surface area contributed by atoms with Gasteiger partial charge in [0.2, 0.25) is 0 Å². The maximum absolute atomic E-state index is 12.2. The number of aryl methyl sites for hydroxylation is 1. The van der Waals surface area contributed by atoms with E-state index in [2.05, 4.69) is 19.1 Å². The summed E-state index contributed by atoms with van der Waals surface area (Å²) in [5.74, 6) is 0.745. The van der Waals surface area contributed by atoms with Crippen LogP contribution in [0.25, 0.3) is 0 Å². The van der Waals surface area contributed by atoms with E-state index < -0.39 is 0 Å². The van der Waals surface area contributed by atoms with E-state index in [1.54, 1.807) is 23.5 Å². The number of ether oxygens (including phenoxy) is 1. The van der Waals surface area contributed by atoms with Crippen molar-refractivity contribution >= 4 is 22.3 Å². The van der Waals surface area contributed by atoms with Crippen molar-refractivity contribution in [3.8, 4) is 5.75 Å². The lowest BCUT2D eigenvalue weighted by Crippen LogP contribution is -2.08. The maximum atomic E-state index is 12.2. The molecule has 4 rings (SSSR count). The van der Waals surface area contributed by atoms with Gasteiger partial charge >= 0.3 is 5.97 Å². The third-order valence-corrected chi connectivity index (χ3v) is 5.64.